The highest BCUT2D eigenvalue weighted by atomic mass is 32.2. The smallest absolute Gasteiger partial charge is 0.275 e. The van der Waals surface area contributed by atoms with Crippen LogP contribution in [0.25, 0.3) is 0 Å². The Morgan fingerprint density at radius 1 is 1.42 bits per heavy atom. The number of amides is 1. The second-order valence-electron chi connectivity index (χ2n) is 6.22. The van der Waals surface area contributed by atoms with Crippen molar-refractivity contribution < 1.29 is 22.8 Å². The van der Waals surface area contributed by atoms with Gasteiger partial charge in [0, 0.05) is 11.6 Å². The number of rotatable bonds is 8. The van der Waals surface area contributed by atoms with E-state index in [1.807, 2.05) is 31.3 Å². The first-order valence-electron chi connectivity index (χ1n) is 8.01. The summed E-state index contributed by atoms with van der Waals surface area (Å²) in [4.78, 5) is 13.1. The van der Waals surface area contributed by atoms with Crippen LogP contribution in [0.4, 0.5) is 0 Å². The molecule has 1 saturated heterocycles. The number of benzene rings is 1. The molecule has 0 saturated carbocycles. The molecule has 0 radical (unpaired) electrons. The Morgan fingerprint density at radius 3 is 2.71 bits per heavy atom. The van der Waals surface area contributed by atoms with Gasteiger partial charge in [-0.15, -0.1) is 0 Å². The van der Waals surface area contributed by atoms with Crippen molar-refractivity contribution >= 4 is 15.7 Å². The van der Waals surface area contributed by atoms with E-state index in [0.717, 1.165) is 16.2 Å². The summed E-state index contributed by atoms with van der Waals surface area (Å²) in [5.74, 6) is 0.905. The Hall–Kier alpha value is -1.86. The summed E-state index contributed by atoms with van der Waals surface area (Å²) in [5.41, 5.74) is 1.11. The van der Waals surface area contributed by atoms with Gasteiger partial charge in [0.2, 0.25) is 0 Å². The fourth-order valence-corrected chi connectivity index (χ4v) is 4.40. The van der Waals surface area contributed by atoms with Gasteiger partial charge in [0.05, 0.1) is 18.6 Å². The first-order valence-corrected chi connectivity index (χ1v) is 9.84. The molecule has 1 aromatic rings. The van der Waals surface area contributed by atoms with Crippen LogP contribution in [0.2, 0.25) is 0 Å². The molecule has 0 bridgehead atoms. The van der Waals surface area contributed by atoms with Gasteiger partial charge in [0.25, 0.3) is 5.91 Å². The Balaban J connectivity index is 1.76. The second-order valence-corrected chi connectivity index (χ2v) is 8.45. The SMILES string of the molecule is C=CCOc1ccc(C[NH+](C)CC(=O)N[C@H]2CCS(=O)(=O)C2)cc1. The van der Waals surface area contributed by atoms with Gasteiger partial charge in [-0.3, -0.25) is 4.79 Å². The molecule has 1 aliphatic rings. The van der Waals surface area contributed by atoms with E-state index in [1.165, 1.54) is 0 Å². The van der Waals surface area contributed by atoms with Crippen LogP contribution in [0, 0.1) is 0 Å². The van der Waals surface area contributed by atoms with E-state index in [2.05, 4.69) is 11.9 Å². The largest absolute Gasteiger partial charge is 0.490 e. The summed E-state index contributed by atoms with van der Waals surface area (Å²) in [6.45, 7) is 5.10. The fraction of sp³-hybridized carbons (Fsp3) is 0.471. The third-order valence-electron chi connectivity index (χ3n) is 3.86. The average molecular weight is 353 g/mol. The standard InChI is InChI=1S/C17H24N2O4S/c1-3-9-23-16-6-4-14(5-7-16)11-19(2)12-17(20)18-15-8-10-24(21,22)13-15/h3-7,15H,1,8-13H2,2H3,(H,18,20)/p+1/t15-/m0/s1. The maximum atomic E-state index is 12.0. The second kappa shape index (κ2) is 8.30. The van der Waals surface area contributed by atoms with Crippen molar-refractivity contribution in [3.05, 3.63) is 42.5 Å². The lowest BCUT2D eigenvalue weighted by Gasteiger charge is -2.16. The van der Waals surface area contributed by atoms with Crippen LogP contribution in [0.1, 0.15) is 12.0 Å². The zero-order valence-corrected chi connectivity index (χ0v) is 14.8. The molecule has 0 aromatic heterocycles. The molecule has 2 N–H and O–H groups in total. The molecule has 1 aliphatic heterocycles. The van der Waals surface area contributed by atoms with Crippen molar-refractivity contribution in [3.8, 4) is 5.75 Å². The molecule has 7 heteroatoms. The van der Waals surface area contributed by atoms with Crippen molar-refractivity contribution in [2.75, 3.05) is 31.7 Å². The molecule has 1 amide bonds. The lowest BCUT2D eigenvalue weighted by atomic mass is 10.2. The summed E-state index contributed by atoms with van der Waals surface area (Å²) in [7, 11) is -1.03. The number of carbonyl (C=O) groups excluding carboxylic acids is 1. The molecule has 1 aromatic carbocycles. The van der Waals surface area contributed by atoms with Crippen molar-refractivity contribution in [3.63, 3.8) is 0 Å². The molecule has 132 valence electrons. The molecule has 1 fully saturated rings. The van der Waals surface area contributed by atoms with Gasteiger partial charge in [-0.2, -0.15) is 0 Å². The number of hydrogen-bond donors (Lipinski definition) is 2. The van der Waals surface area contributed by atoms with E-state index < -0.39 is 9.84 Å². The minimum absolute atomic E-state index is 0.0595. The van der Waals surface area contributed by atoms with E-state index >= 15 is 0 Å². The average Bonchev–Trinajstić information content (AvgIpc) is 2.85. The monoisotopic (exact) mass is 353 g/mol. The van der Waals surface area contributed by atoms with Crippen LogP contribution in [0.3, 0.4) is 0 Å². The number of carbonyl (C=O) groups is 1. The van der Waals surface area contributed by atoms with Crippen LogP contribution < -0.4 is 15.0 Å². The summed E-state index contributed by atoms with van der Waals surface area (Å²) >= 11 is 0. The number of nitrogens with one attached hydrogen (secondary N) is 2. The lowest BCUT2D eigenvalue weighted by molar-refractivity contribution is -0.885. The Kier molecular flexibility index (Phi) is 6.39. The quantitative estimate of drug-likeness (QED) is 0.622. The third kappa shape index (κ3) is 5.98. The highest BCUT2D eigenvalue weighted by molar-refractivity contribution is 7.91. The first kappa shape index (κ1) is 18.5. The molecule has 2 rings (SSSR count). The van der Waals surface area contributed by atoms with Gasteiger partial charge in [-0.25, -0.2) is 8.42 Å². The summed E-state index contributed by atoms with van der Waals surface area (Å²) in [6, 6.07) is 7.51. The van der Waals surface area contributed by atoms with Crippen LogP contribution in [-0.2, 0) is 21.2 Å². The van der Waals surface area contributed by atoms with Crippen LogP contribution in [-0.4, -0.2) is 52.1 Å². The zero-order chi connectivity index (χ0) is 17.6. The molecular formula is C17H25N2O4S+. The molecule has 1 heterocycles. The third-order valence-corrected chi connectivity index (χ3v) is 5.62. The molecule has 0 aliphatic carbocycles. The Bertz CT molecular complexity index is 670. The van der Waals surface area contributed by atoms with E-state index in [1.54, 1.807) is 6.08 Å². The number of likely N-dealkylation sites (N-methyl/N-ethyl adjacent to an activating group) is 1. The Labute approximate surface area is 143 Å². The van der Waals surface area contributed by atoms with Crippen LogP contribution >= 0.6 is 0 Å². The van der Waals surface area contributed by atoms with Gasteiger partial charge >= 0.3 is 0 Å². The number of hydrogen-bond acceptors (Lipinski definition) is 4. The highest BCUT2D eigenvalue weighted by Crippen LogP contribution is 2.12. The number of ether oxygens (including phenoxy) is 1. The molecule has 1 unspecified atom stereocenters. The lowest BCUT2D eigenvalue weighted by Crippen LogP contribution is -3.09. The maximum absolute atomic E-state index is 12.0. The van der Waals surface area contributed by atoms with Crippen molar-refractivity contribution in [1.29, 1.82) is 0 Å². The highest BCUT2D eigenvalue weighted by Gasteiger charge is 2.29. The van der Waals surface area contributed by atoms with E-state index in [-0.39, 0.29) is 23.5 Å². The van der Waals surface area contributed by atoms with Crippen molar-refractivity contribution in [1.82, 2.24) is 5.32 Å². The molecule has 24 heavy (non-hydrogen) atoms. The minimum Gasteiger partial charge on any atom is -0.490 e. The molecule has 6 nitrogen and oxygen atoms in total. The molecule has 2 atom stereocenters. The van der Waals surface area contributed by atoms with Crippen LogP contribution in [0.5, 0.6) is 5.75 Å². The first-order chi connectivity index (χ1) is 11.4. The molecule has 0 spiro atoms. The van der Waals surface area contributed by atoms with Gasteiger partial charge in [-0.05, 0) is 30.7 Å². The predicted octanol–water partition coefficient (Wildman–Crippen LogP) is -0.431. The zero-order valence-electron chi connectivity index (χ0n) is 14.0. The van der Waals surface area contributed by atoms with Crippen molar-refractivity contribution in [2.24, 2.45) is 0 Å². The normalized spacial score (nSPS) is 20.3. The van der Waals surface area contributed by atoms with Gasteiger partial charge < -0.3 is 15.0 Å². The van der Waals surface area contributed by atoms with Crippen molar-refractivity contribution in [2.45, 2.75) is 19.0 Å². The van der Waals surface area contributed by atoms with E-state index in [4.69, 9.17) is 4.74 Å². The summed E-state index contributed by atoms with van der Waals surface area (Å²) < 4.78 is 28.2. The van der Waals surface area contributed by atoms with Gasteiger partial charge in [0.15, 0.2) is 16.4 Å². The summed E-state index contributed by atoms with van der Waals surface area (Å²) in [5, 5.41) is 2.82. The minimum atomic E-state index is -2.97. The van der Waals surface area contributed by atoms with Gasteiger partial charge in [-0.1, -0.05) is 12.7 Å². The Morgan fingerprint density at radius 2 is 2.12 bits per heavy atom. The van der Waals surface area contributed by atoms with E-state index in [0.29, 0.717) is 26.1 Å². The van der Waals surface area contributed by atoms with Gasteiger partial charge in [0.1, 0.15) is 18.9 Å². The number of quaternary nitrogens is 1. The van der Waals surface area contributed by atoms with E-state index in [9.17, 15) is 13.2 Å². The predicted molar refractivity (Wildman–Crippen MR) is 92.8 cm³/mol. The number of sulfone groups is 1. The topological polar surface area (TPSA) is 76.9 Å². The molecular weight excluding hydrogens is 328 g/mol. The van der Waals surface area contributed by atoms with Crippen LogP contribution in [0.15, 0.2) is 36.9 Å². The maximum Gasteiger partial charge on any atom is 0.275 e. The fourth-order valence-electron chi connectivity index (χ4n) is 2.73. The summed E-state index contributed by atoms with van der Waals surface area (Å²) in [6.07, 6.45) is 2.21.